The number of amides is 2. The summed E-state index contributed by atoms with van der Waals surface area (Å²) < 4.78 is 0. The van der Waals surface area contributed by atoms with Gasteiger partial charge in [0.1, 0.15) is 0 Å². The summed E-state index contributed by atoms with van der Waals surface area (Å²) in [5.41, 5.74) is 6.27. The molecule has 0 bridgehead atoms. The van der Waals surface area contributed by atoms with Crippen LogP contribution in [-0.4, -0.2) is 12.2 Å². The molecule has 2 amide bonds. The molecule has 0 aliphatic carbocycles. The highest BCUT2D eigenvalue weighted by atomic mass is 16.2. The molecule has 2 N–H and O–H groups in total. The lowest BCUT2D eigenvalue weighted by atomic mass is 10.1. The Balaban J connectivity index is 1.93. The van der Waals surface area contributed by atoms with Gasteiger partial charge in [-0.1, -0.05) is 42.5 Å². The smallest absolute Gasteiger partial charge is 0.306 e. The number of rotatable bonds is 3. The molecule has 0 saturated carbocycles. The molecule has 0 aliphatic heterocycles. The van der Waals surface area contributed by atoms with E-state index in [-0.39, 0.29) is 6.03 Å². The van der Waals surface area contributed by atoms with Crippen LogP contribution in [0.15, 0.2) is 53.6 Å². The molecule has 102 valence electrons. The van der Waals surface area contributed by atoms with Gasteiger partial charge in [-0.2, -0.15) is 5.10 Å². The normalized spacial score (nSPS) is 10.5. The third-order valence-corrected chi connectivity index (χ3v) is 2.82. The summed E-state index contributed by atoms with van der Waals surface area (Å²) in [5.74, 6) is 0. The van der Waals surface area contributed by atoms with Gasteiger partial charge in [-0.15, -0.1) is 0 Å². The zero-order valence-corrected chi connectivity index (χ0v) is 11.6. The fourth-order valence-corrected chi connectivity index (χ4v) is 1.73. The van der Waals surface area contributed by atoms with Crippen molar-refractivity contribution >= 4 is 17.9 Å². The van der Waals surface area contributed by atoms with Crippen LogP contribution in [0.5, 0.6) is 0 Å². The topological polar surface area (TPSA) is 53.5 Å². The number of carbonyl (C=O) groups is 1. The SMILES string of the molecule is Cc1ccc(C)c(NC(=O)NN=Cc2ccccc2)c1. The fraction of sp³-hybridized carbons (Fsp3) is 0.125. The molecule has 4 nitrogen and oxygen atoms in total. The Kier molecular flexibility index (Phi) is 4.50. The highest BCUT2D eigenvalue weighted by Gasteiger charge is 2.03. The maximum Gasteiger partial charge on any atom is 0.339 e. The molecule has 0 aromatic heterocycles. The Morgan fingerprint density at radius 3 is 2.60 bits per heavy atom. The predicted molar refractivity (Wildman–Crippen MR) is 82.1 cm³/mol. The fourth-order valence-electron chi connectivity index (χ4n) is 1.73. The largest absolute Gasteiger partial charge is 0.339 e. The summed E-state index contributed by atoms with van der Waals surface area (Å²) >= 11 is 0. The Morgan fingerprint density at radius 2 is 1.85 bits per heavy atom. The quantitative estimate of drug-likeness (QED) is 0.649. The summed E-state index contributed by atoms with van der Waals surface area (Å²) in [5, 5.41) is 6.68. The van der Waals surface area contributed by atoms with E-state index in [4.69, 9.17) is 0 Å². The van der Waals surface area contributed by atoms with Gasteiger partial charge >= 0.3 is 6.03 Å². The third kappa shape index (κ3) is 3.95. The van der Waals surface area contributed by atoms with Crippen molar-refractivity contribution in [3.05, 3.63) is 65.2 Å². The average molecular weight is 267 g/mol. The van der Waals surface area contributed by atoms with E-state index in [2.05, 4.69) is 15.8 Å². The minimum Gasteiger partial charge on any atom is -0.306 e. The van der Waals surface area contributed by atoms with E-state index in [0.717, 1.165) is 22.4 Å². The van der Waals surface area contributed by atoms with Gasteiger partial charge in [0.15, 0.2) is 0 Å². The lowest BCUT2D eigenvalue weighted by Crippen LogP contribution is -2.24. The molecular weight excluding hydrogens is 250 g/mol. The van der Waals surface area contributed by atoms with Crippen molar-refractivity contribution < 1.29 is 4.79 Å². The van der Waals surface area contributed by atoms with Crippen molar-refractivity contribution in [2.45, 2.75) is 13.8 Å². The number of hydrazone groups is 1. The molecule has 0 heterocycles. The standard InChI is InChI=1S/C16H17N3O/c1-12-8-9-13(2)15(10-12)18-16(20)19-17-11-14-6-4-3-5-7-14/h3-11H,1-2H3,(H2,18,19,20). The van der Waals surface area contributed by atoms with Crippen molar-refractivity contribution in [1.82, 2.24) is 5.43 Å². The van der Waals surface area contributed by atoms with Gasteiger partial charge in [-0.05, 0) is 36.6 Å². The number of anilines is 1. The highest BCUT2D eigenvalue weighted by Crippen LogP contribution is 2.15. The molecule has 0 spiro atoms. The van der Waals surface area contributed by atoms with Gasteiger partial charge in [0.2, 0.25) is 0 Å². The molecule has 4 heteroatoms. The van der Waals surface area contributed by atoms with Crippen LogP contribution in [0.25, 0.3) is 0 Å². The first-order valence-electron chi connectivity index (χ1n) is 6.37. The number of hydrogen-bond acceptors (Lipinski definition) is 2. The number of carbonyl (C=O) groups excluding carboxylic acids is 1. The van der Waals surface area contributed by atoms with Crippen LogP contribution in [0, 0.1) is 13.8 Å². The zero-order valence-electron chi connectivity index (χ0n) is 11.6. The second-order valence-corrected chi connectivity index (χ2v) is 4.55. The number of nitrogens with zero attached hydrogens (tertiary/aromatic N) is 1. The van der Waals surface area contributed by atoms with Crippen LogP contribution in [-0.2, 0) is 0 Å². The lowest BCUT2D eigenvalue weighted by molar-refractivity contribution is 0.252. The molecule has 2 aromatic rings. The van der Waals surface area contributed by atoms with Crippen molar-refractivity contribution in [2.75, 3.05) is 5.32 Å². The number of benzene rings is 2. The van der Waals surface area contributed by atoms with Gasteiger partial charge in [-0.25, -0.2) is 10.2 Å². The molecule has 0 aliphatic rings. The molecular formula is C16H17N3O. The summed E-state index contributed by atoms with van der Waals surface area (Å²) in [6.07, 6.45) is 1.60. The lowest BCUT2D eigenvalue weighted by Gasteiger charge is -2.08. The molecule has 2 rings (SSSR count). The monoisotopic (exact) mass is 267 g/mol. The van der Waals surface area contributed by atoms with E-state index in [1.165, 1.54) is 0 Å². The third-order valence-electron chi connectivity index (χ3n) is 2.82. The van der Waals surface area contributed by atoms with E-state index < -0.39 is 0 Å². The molecule has 0 radical (unpaired) electrons. The van der Waals surface area contributed by atoms with Crippen molar-refractivity contribution in [2.24, 2.45) is 5.10 Å². The Morgan fingerprint density at radius 1 is 1.10 bits per heavy atom. The van der Waals surface area contributed by atoms with Gasteiger partial charge in [0.25, 0.3) is 0 Å². The van der Waals surface area contributed by atoms with Crippen LogP contribution in [0.2, 0.25) is 0 Å². The minimum absolute atomic E-state index is 0.356. The van der Waals surface area contributed by atoms with E-state index in [1.54, 1.807) is 6.21 Å². The summed E-state index contributed by atoms with van der Waals surface area (Å²) in [6, 6.07) is 15.1. The van der Waals surface area contributed by atoms with E-state index in [9.17, 15) is 4.79 Å². The Bertz CT molecular complexity index is 621. The molecule has 0 fully saturated rings. The summed E-state index contributed by atoms with van der Waals surface area (Å²) in [6.45, 7) is 3.93. The maximum atomic E-state index is 11.7. The Labute approximate surface area is 118 Å². The van der Waals surface area contributed by atoms with Gasteiger partial charge in [0.05, 0.1) is 6.21 Å². The molecule has 20 heavy (non-hydrogen) atoms. The Hall–Kier alpha value is -2.62. The van der Waals surface area contributed by atoms with E-state index in [1.807, 2.05) is 62.4 Å². The van der Waals surface area contributed by atoms with Crippen molar-refractivity contribution in [3.8, 4) is 0 Å². The van der Waals surface area contributed by atoms with Crippen molar-refractivity contribution in [3.63, 3.8) is 0 Å². The first-order valence-corrected chi connectivity index (χ1v) is 6.37. The number of aryl methyl sites for hydroxylation is 2. The van der Waals surface area contributed by atoms with Crippen LogP contribution < -0.4 is 10.7 Å². The van der Waals surface area contributed by atoms with Gasteiger partial charge in [-0.3, -0.25) is 0 Å². The molecule has 0 unspecified atom stereocenters. The van der Waals surface area contributed by atoms with E-state index in [0.29, 0.717) is 0 Å². The van der Waals surface area contributed by atoms with Gasteiger partial charge in [0, 0.05) is 5.69 Å². The maximum absolute atomic E-state index is 11.7. The van der Waals surface area contributed by atoms with Gasteiger partial charge < -0.3 is 5.32 Å². The second-order valence-electron chi connectivity index (χ2n) is 4.55. The van der Waals surface area contributed by atoms with Crippen LogP contribution in [0.3, 0.4) is 0 Å². The van der Waals surface area contributed by atoms with Crippen LogP contribution >= 0.6 is 0 Å². The molecule has 0 atom stereocenters. The summed E-state index contributed by atoms with van der Waals surface area (Å²) in [4.78, 5) is 11.7. The second kappa shape index (κ2) is 6.52. The highest BCUT2D eigenvalue weighted by molar-refractivity contribution is 5.91. The first kappa shape index (κ1) is 13.8. The van der Waals surface area contributed by atoms with E-state index >= 15 is 0 Å². The molecule has 0 saturated heterocycles. The van der Waals surface area contributed by atoms with Crippen LogP contribution in [0.4, 0.5) is 10.5 Å². The summed E-state index contributed by atoms with van der Waals surface area (Å²) in [7, 11) is 0. The minimum atomic E-state index is -0.356. The number of hydrogen-bond donors (Lipinski definition) is 2. The predicted octanol–water partition coefficient (Wildman–Crippen LogP) is 3.46. The first-order chi connectivity index (χ1) is 9.65. The molecule has 2 aromatic carbocycles. The average Bonchev–Trinajstić information content (AvgIpc) is 2.44. The number of urea groups is 1. The number of nitrogens with one attached hydrogen (secondary N) is 2. The van der Waals surface area contributed by atoms with Crippen LogP contribution in [0.1, 0.15) is 16.7 Å². The zero-order chi connectivity index (χ0) is 14.4. The van der Waals surface area contributed by atoms with Crippen molar-refractivity contribution in [1.29, 1.82) is 0 Å².